The maximum absolute atomic E-state index is 12.5. The molecule has 0 saturated carbocycles. The lowest BCUT2D eigenvalue weighted by Gasteiger charge is -2.09. The van der Waals surface area contributed by atoms with Crippen LogP contribution in [0.15, 0.2) is 42.5 Å². The van der Waals surface area contributed by atoms with E-state index in [1.807, 2.05) is 38.1 Å². The van der Waals surface area contributed by atoms with E-state index in [0.29, 0.717) is 22.1 Å². The standard InChI is InChI=1S/C20H20ClN5O2/c1-12-7-9-15(10-8-12)22-18(27)11-26-14(3)19(24-25-26)20(28)23-17-6-4-5-16(21)13(17)2/h4-10H,11H2,1-3H3,(H,22,27)(H,23,28). The number of halogens is 1. The largest absolute Gasteiger partial charge is 0.324 e. The van der Waals surface area contributed by atoms with Gasteiger partial charge in [-0.15, -0.1) is 5.10 Å². The van der Waals surface area contributed by atoms with Crippen molar-refractivity contribution in [2.24, 2.45) is 0 Å². The molecule has 7 nitrogen and oxygen atoms in total. The zero-order chi connectivity index (χ0) is 20.3. The lowest BCUT2D eigenvalue weighted by atomic mass is 10.2. The molecule has 0 unspecified atom stereocenters. The molecule has 1 heterocycles. The van der Waals surface area contributed by atoms with Gasteiger partial charge in [0.05, 0.1) is 5.69 Å². The van der Waals surface area contributed by atoms with Crippen LogP contribution in [0.1, 0.15) is 27.3 Å². The molecular weight excluding hydrogens is 378 g/mol. The summed E-state index contributed by atoms with van der Waals surface area (Å²) in [5.41, 5.74) is 3.82. The molecule has 0 aliphatic rings. The number of aryl methyl sites for hydroxylation is 1. The monoisotopic (exact) mass is 397 g/mol. The van der Waals surface area contributed by atoms with Gasteiger partial charge < -0.3 is 10.6 Å². The lowest BCUT2D eigenvalue weighted by Crippen LogP contribution is -2.21. The third-order valence-electron chi connectivity index (χ3n) is 4.34. The predicted octanol–water partition coefficient (Wildman–Crippen LogP) is 3.75. The highest BCUT2D eigenvalue weighted by Crippen LogP contribution is 2.23. The molecule has 3 rings (SSSR count). The number of aromatic nitrogens is 3. The molecule has 0 atom stereocenters. The van der Waals surface area contributed by atoms with Crippen molar-refractivity contribution in [3.8, 4) is 0 Å². The van der Waals surface area contributed by atoms with Crippen LogP contribution in [-0.4, -0.2) is 26.8 Å². The number of benzene rings is 2. The number of nitrogens with zero attached hydrogens (tertiary/aromatic N) is 3. The molecule has 8 heteroatoms. The first kappa shape index (κ1) is 19.6. The number of hydrogen-bond donors (Lipinski definition) is 2. The number of nitrogens with one attached hydrogen (secondary N) is 2. The fourth-order valence-electron chi connectivity index (χ4n) is 2.62. The Labute approximate surface area is 167 Å². The van der Waals surface area contributed by atoms with Crippen molar-refractivity contribution in [2.45, 2.75) is 27.3 Å². The number of anilines is 2. The van der Waals surface area contributed by atoms with Crippen molar-refractivity contribution in [3.63, 3.8) is 0 Å². The number of hydrogen-bond acceptors (Lipinski definition) is 4. The summed E-state index contributed by atoms with van der Waals surface area (Å²) in [6.45, 7) is 5.44. The molecule has 0 aliphatic heterocycles. The van der Waals surface area contributed by atoms with Crippen molar-refractivity contribution in [3.05, 3.63) is 70.0 Å². The molecule has 0 spiro atoms. The summed E-state index contributed by atoms with van der Waals surface area (Å²) in [5, 5.41) is 14.0. The fraction of sp³-hybridized carbons (Fsp3) is 0.200. The molecule has 0 aliphatic carbocycles. The van der Waals surface area contributed by atoms with Crippen LogP contribution in [0.4, 0.5) is 11.4 Å². The molecule has 1 aromatic heterocycles. The summed E-state index contributed by atoms with van der Waals surface area (Å²) in [7, 11) is 0. The Hall–Kier alpha value is -3.19. The molecule has 28 heavy (non-hydrogen) atoms. The lowest BCUT2D eigenvalue weighted by molar-refractivity contribution is -0.117. The molecule has 0 fully saturated rings. The molecular formula is C20H20ClN5O2. The average Bonchev–Trinajstić information content (AvgIpc) is 3.01. The van der Waals surface area contributed by atoms with E-state index < -0.39 is 5.91 Å². The third kappa shape index (κ3) is 4.37. The minimum absolute atomic E-state index is 0.0455. The van der Waals surface area contributed by atoms with Crippen LogP contribution in [0.25, 0.3) is 0 Å². The van der Waals surface area contributed by atoms with Gasteiger partial charge in [0.2, 0.25) is 5.91 Å². The number of carbonyl (C=O) groups excluding carboxylic acids is 2. The summed E-state index contributed by atoms with van der Waals surface area (Å²) in [6.07, 6.45) is 0. The molecule has 0 radical (unpaired) electrons. The highest BCUT2D eigenvalue weighted by molar-refractivity contribution is 6.31. The van der Waals surface area contributed by atoms with Gasteiger partial charge in [-0.1, -0.05) is 40.6 Å². The fourth-order valence-corrected chi connectivity index (χ4v) is 2.79. The average molecular weight is 398 g/mol. The van der Waals surface area contributed by atoms with Gasteiger partial charge in [-0.3, -0.25) is 9.59 Å². The second kappa shape index (κ2) is 8.22. The normalized spacial score (nSPS) is 10.6. The Morgan fingerprint density at radius 1 is 1.04 bits per heavy atom. The predicted molar refractivity (Wildman–Crippen MR) is 109 cm³/mol. The van der Waals surface area contributed by atoms with E-state index in [0.717, 1.165) is 11.1 Å². The molecule has 2 aromatic carbocycles. The summed E-state index contributed by atoms with van der Waals surface area (Å²) in [4.78, 5) is 24.8. The smallest absolute Gasteiger partial charge is 0.278 e. The van der Waals surface area contributed by atoms with Crippen LogP contribution >= 0.6 is 11.6 Å². The van der Waals surface area contributed by atoms with Gasteiger partial charge >= 0.3 is 0 Å². The number of amides is 2. The first-order valence-corrected chi connectivity index (χ1v) is 9.06. The van der Waals surface area contributed by atoms with Gasteiger partial charge in [0.15, 0.2) is 5.69 Å². The molecule has 2 amide bonds. The Balaban J connectivity index is 1.69. The van der Waals surface area contributed by atoms with E-state index in [1.54, 1.807) is 25.1 Å². The van der Waals surface area contributed by atoms with Gasteiger partial charge in [0, 0.05) is 16.4 Å². The summed E-state index contributed by atoms with van der Waals surface area (Å²) in [5.74, 6) is -0.664. The van der Waals surface area contributed by atoms with Crippen LogP contribution in [0.3, 0.4) is 0 Å². The molecule has 0 saturated heterocycles. The highest BCUT2D eigenvalue weighted by atomic mass is 35.5. The van der Waals surface area contributed by atoms with E-state index in [9.17, 15) is 9.59 Å². The number of rotatable bonds is 5. The van der Waals surface area contributed by atoms with Crippen LogP contribution in [-0.2, 0) is 11.3 Å². The zero-order valence-corrected chi connectivity index (χ0v) is 16.5. The second-order valence-corrected chi connectivity index (χ2v) is 6.87. The number of carbonyl (C=O) groups is 2. The Kier molecular flexibility index (Phi) is 5.75. The van der Waals surface area contributed by atoms with Crippen molar-refractivity contribution in [1.82, 2.24) is 15.0 Å². The van der Waals surface area contributed by atoms with Gasteiger partial charge in [0.25, 0.3) is 5.91 Å². The molecule has 3 aromatic rings. The van der Waals surface area contributed by atoms with Crippen LogP contribution in [0, 0.1) is 20.8 Å². The zero-order valence-electron chi connectivity index (χ0n) is 15.8. The maximum atomic E-state index is 12.5. The SMILES string of the molecule is Cc1ccc(NC(=O)Cn2nnc(C(=O)Nc3cccc(Cl)c3C)c2C)cc1. The van der Waals surface area contributed by atoms with Crippen LogP contribution in [0.2, 0.25) is 5.02 Å². The minimum atomic E-state index is -0.409. The van der Waals surface area contributed by atoms with Crippen LogP contribution < -0.4 is 10.6 Å². The maximum Gasteiger partial charge on any atom is 0.278 e. The van der Waals surface area contributed by atoms with Crippen molar-refractivity contribution in [1.29, 1.82) is 0 Å². The highest BCUT2D eigenvalue weighted by Gasteiger charge is 2.19. The Morgan fingerprint density at radius 2 is 1.75 bits per heavy atom. The van der Waals surface area contributed by atoms with Crippen molar-refractivity contribution in [2.75, 3.05) is 10.6 Å². The minimum Gasteiger partial charge on any atom is -0.324 e. The van der Waals surface area contributed by atoms with Crippen molar-refractivity contribution < 1.29 is 9.59 Å². The van der Waals surface area contributed by atoms with Crippen molar-refractivity contribution >= 4 is 34.8 Å². The summed E-state index contributed by atoms with van der Waals surface area (Å²) >= 11 is 6.08. The summed E-state index contributed by atoms with van der Waals surface area (Å²) in [6, 6.07) is 12.7. The van der Waals surface area contributed by atoms with Crippen LogP contribution in [0.5, 0.6) is 0 Å². The molecule has 0 bridgehead atoms. The second-order valence-electron chi connectivity index (χ2n) is 6.46. The third-order valence-corrected chi connectivity index (χ3v) is 4.75. The van der Waals surface area contributed by atoms with Gasteiger partial charge in [0.1, 0.15) is 6.54 Å². The Bertz CT molecular complexity index is 1030. The van der Waals surface area contributed by atoms with E-state index >= 15 is 0 Å². The van der Waals surface area contributed by atoms with Gasteiger partial charge in [-0.2, -0.15) is 0 Å². The first-order chi connectivity index (χ1) is 13.3. The summed E-state index contributed by atoms with van der Waals surface area (Å²) < 4.78 is 1.39. The van der Waals surface area contributed by atoms with E-state index in [-0.39, 0.29) is 18.1 Å². The van der Waals surface area contributed by atoms with E-state index in [4.69, 9.17) is 11.6 Å². The van der Waals surface area contributed by atoms with Gasteiger partial charge in [-0.25, -0.2) is 4.68 Å². The Morgan fingerprint density at radius 3 is 2.46 bits per heavy atom. The van der Waals surface area contributed by atoms with E-state index in [2.05, 4.69) is 20.9 Å². The first-order valence-electron chi connectivity index (χ1n) is 8.68. The topological polar surface area (TPSA) is 88.9 Å². The van der Waals surface area contributed by atoms with E-state index in [1.165, 1.54) is 4.68 Å². The molecule has 144 valence electrons. The quantitative estimate of drug-likeness (QED) is 0.686. The molecule has 2 N–H and O–H groups in total. The van der Waals surface area contributed by atoms with Gasteiger partial charge in [-0.05, 0) is 50.6 Å².